The van der Waals surface area contributed by atoms with Gasteiger partial charge < -0.3 is 14.4 Å². The van der Waals surface area contributed by atoms with Gasteiger partial charge in [-0.25, -0.2) is 0 Å². The van der Waals surface area contributed by atoms with Gasteiger partial charge in [0.15, 0.2) is 0 Å². The molecule has 12 rings (SSSR count). The van der Waals surface area contributed by atoms with Gasteiger partial charge in [-0.1, -0.05) is 156 Å². The first-order valence-electron chi connectivity index (χ1n) is 26.1. The first-order valence-corrected chi connectivity index (χ1v) is 24.6. The number of fused-ring (bicyclic) bond motifs is 11. The number of rotatable bonds is 2. The van der Waals surface area contributed by atoms with Crippen LogP contribution in [0.1, 0.15) is 159 Å². The molecule has 1 aromatic heterocycles. The van der Waals surface area contributed by atoms with Crippen LogP contribution >= 0.6 is 0 Å². The fraction of sp³-hybridized carbons (Fsp3) is 0.410. The van der Waals surface area contributed by atoms with Gasteiger partial charge in [0.25, 0.3) is 6.71 Å². The molecule has 65 heavy (non-hydrogen) atoms. The Kier molecular flexibility index (Phi) is 7.60. The summed E-state index contributed by atoms with van der Waals surface area (Å²) in [4.78, 5) is 5.15. The highest BCUT2D eigenvalue weighted by Gasteiger charge is 2.58. The topological polar surface area (TPSA) is 11.4 Å². The number of hydrogen-bond acceptors (Lipinski definition) is 2. The average molecular weight is 857 g/mol. The maximum Gasteiger partial charge on any atom is 0.252 e. The SMILES string of the molecule is [2H]C([2H])([2H])c1cc(C(C)(C)C)ccc1N1c2cc3c(cc2B2c4c1cc(N1c5ccc(C(C)(C)C)cc5C5(C)CCCCC15C)cc4-n1c4ccccc4c4cccc2c41)C(C)(C)CCC3(C)C. The molecule has 2 atom stereocenters. The van der Waals surface area contributed by atoms with Gasteiger partial charge in [-0.05, 0) is 147 Å². The Morgan fingerprint density at radius 2 is 1.20 bits per heavy atom. The molecular weight excluding hydrogens is 786 g/mol. The van der Waals surface area contributed by atoms with E-state index in [2.05, 4.69) is 195 Å². The molecule has 3 aliphatic heterocycles. The van der Waals surface area contributed by atoms with Crippen LogP contribution < -0.4 is 26.2 Å². The normalized spacial score (nSPS) is 23.3. The maximum absolute atomic E-state index is 9.30. The van der Waals surface area contributed by atoms with Crippen LogP contribution in [0.4, 0.5) is 28.4 Å². The number of aryl methyl sites for hydroxylation is 1. The van der Waals surface area contributed by atoms with Crippen molar-refractivity contribution in [1.82, 2.24) is 4.57 Å². The van der Waals surface area contributed by atoms with Crippen LogP contribution in [0.3, 0.4) is 0 Å². The zero-order valence-corrected chi connectivity index (χ0v) is 41.0. The van der Waals surface area contributed by atoms with Gasteiger partial charge in [-0.3, -0.25) is 0 Å². The predicted octanol–water partition coefficient (Wildman–Crippen LogP) is 14.4. The van der Waals surface area contributed by atoms with E-state index in [0.717, 1.165) is 54.0 Å². The summed E-state index contributed by atoms with van der Waals surface area (Å²) >= 11 is 0. The van der Waals surface area contributed by atoms with Crippen LogP contribution in [0.15, 0.2) is 103 Å². The largest absolute Gasteiger partial charge is 0.334 e. The lowest BCUT2D eigenvalue weighted by molar-refractivity contribution is 0.195. The standard InChI is InChI=1S/C61H68BN3/c1-37-31-38(56(2,3)4)23-25-48(37)63-51-36-44-43(58(8,9)29-30-59(44,10)11)35-47(51)62-46-21-18-20-42-41-19-14-15-22-49(41)64(55(42)46)53-34-40(33-52(63)54(53)62)65-50-26-24-39(57(5,6)7)32-45(50)60(12)27-16-17-28-61(60,65)13/h14-15,18-26,31-36H,16-17,27-30H2,1-13H3/i1D3. The van der Waals surface area contributed by atoms with E-state index in [1.165, 1.54) is 84.7 Å². The second-order valence-corrected chi connectivity index (χ2v) is 24.6. The van der Waals surface area contributed by atoms with Crippen molar-refractivity contribution >= 4 is 73.3 Å². The smallest absolute Gasteiger partial charge is 0.252 e. The van der Waals surface area contributed by atoms with Gasteiger partial charge >= 0.3 is 0 Å². The molecule has 4 heterocycles. The quantitative estimate of drug-likeness (QED) is 0.161. The molecule has 330 valence electrons. The fourth-order valence-electron chi connectivity index (χ4n) is 13.6. The summed E-state index contributed by atoms with van der Waals surface area (Å²) in [6, 6.07) is 39.7. The highest BCUT2D eigenvalue weighted by Crippen LogP contribution is 2.62. The van der Waals surface area contributed by atoms with E-state index < -0.39 is 6.85 Å². The number of nitrogens with zero attached hydrogens (tertiary/aromatic N) is 3. The van der Waals surface area contributed by atoms with Crippen molar-refractivity contribution in [1.29, 1.82) is 0 Å². The summed E-state index contributed by atoms with van der Waals surface area (Å²) in [7, 11) is 0. The summed E-state index contributed by atoms with van der Waals surface area (Å²) in [6.45, 7) is 25.9. The fourth-order valence-corrected chi connectivity index (χ4v) is 13.6. The van der Waals surface area contributed by atoms with E-state index in [0.29, 0.717) is 5.56 Å². The van der Waals surface area contributed by atoms with Crippen LogP contribution in [-0.2, 0) is 27.1 Å². The van der Waals surface area contributed by atoms with Crippen molar-refractivity contribution in [2.24, 2.45) is 0 Å². The molecule has 6 aromatic carbocycles. The summed E-state index contributed by atoms with van der Waals surface area (Å²) in [5.41, 5.74) is 19.3. The Bertz CT molecular complexity index is 3320. The zero-order valence-electron chi connectivity index (χ0n) is 44.0. The Balaban J connectivity index is 1.26. The van der Waals surface area contributed by atoms with Gasteiger partial charge in [0.05, 0.1) is 11.1 Å². The third-order valence-electron chi connectivity index (χ3n) is 17.8. The number of benzene rings is 6. The molecule has 5 aliphatic rings. The predicted molar refractivity (Wildman–Crippen MR) is 280 cm³/mol. The minimum absolute atomic E-state index is 0.0169. The second-order valence-electron chi connectivity index (χ2n) is 24.6. The van der Waals surface area contributed by atoms with Crippen molar-refractivity contribution in [3.8, 4) is 5.69 Å². The van der Waals surface area contributed by atoms with E-state index in [-0.39, 0.29) is 39.3 Å². The molecule has 0 amide bonds. The Hall–Kier alpha value is -5.22. The number of aromatic nitrogens is 1. The van der Waals surface area contributed by atoms with E-state index in [1.54, 1.807) is 0 Å². The lowest BCUT2D eigenvalue weighted by Gasteiger charge is -2.51. The summed E-state index contributed by atoms with van der Waals surface area (Å²) < 4.78 is 30.5. The Morgan fingerprint density at radius 1 is 0.554 bits per heavy atom. The van der Waals surface area contributed by atoms with Crippen molar-refractivity contribution in [2.75, 3.05) is 9.80 Å². The van der Waals surface area contributed by atoms with E-state index in [4.69, 9.17) is 0 Å². The van der Waals surface area contributed by atoms with Crippen molar-refractivity contribution in [3.63, 3.8) is 0 Å². The van der Waals surface area contributed by atoms with Crippen molar-refractivity contribution in [2.45, 2.75) is 161 Å². The van der Waals surface area contributed by atoms with Crippen LogP contribution in [0.5, 0.6) is 0 Å². The van der Waals surface area contributed by atoms with Crippen molar-refractivity contribution in [3.05, 3.63) is 137 Å². The highest BCUT2D eigenvalue weighted by molar-refractivity contribution is 7.00. The maximum atomic E-state index is 9.30. The van der Waals surface area contributed by atoms with Crippen LogP contribution in [0.25, 0.3) is 27.5 Å². The molecule has 0 radical (unpaired) electrons. The molecule has 1 saturated carbocycles. The molecular formula is C61H68BN3. The number of hydrogen-bond donors (Lipinski definition) is 0. The van der Waals surface area contributed by atoms with Crippen LogP contribution in [-0.4, -0.2) is 16.8 Å². The van der Waals surface area contributed by atoms with E-state index >= 15 is 0 Å². The minimum atomic E-state index is -2.37. The number of para-hydroxylation sites is 2. The van der Waals surface area contributed by atoms with E-state index in [1.807, 2.05) is 6.07 Å². The molecule has 0 spiro atoms. The minimum Gasteiger partial charge on any atom is -0.334 e. The molecule has 2 unspecified atom stereocenters. The first kappa shape index (κ1) is 37.9. The van der Waals surface area contributed by atoms with Crippen molar-refractivity contribution < 1.29 is 4.11 Å². The molecule has 7 aromatic rings. The lowest BCUT2D eigenvalue weighted by atomic mass is 9.33. The second kappa shape index (κ2) is 13.0. The molecule has 4 heteroatoms. The molecule has 0 saturated heterocycles. The highest BCUT2D eigenvalue weighted by atomic mass is 15.3. The van der Waals surface area contributed by atoms with Crippen LogP contribution in [0, 0.1) is 6.85 Å². The molecule has 1 fully saturated rings. The third kappa shape index (κ3) is 5.43. The third-order valence-corrected chi connectivity index (χ3v) is 17.8. The average Bonchev–Trinajstić information content (AvgIpc) is 3.72. The zero-order chi connectivity index (χ0) is 48.0. The monoisotopic (exact) mass is 857 g/mol. The molecule has 3 nitrogen and oxygen atoms in total. The summed E-state index contributed by atoms with van der Waals surface area (Å²) in [6.07, 6.45) is 6.80. The first-order chi connectivity index (χ1) is 31.8. The molecule has 2 aliphatic carbocycles. The van der Waals surface area contributed by atoms with Crippen LogP contribution in [0.2, 0.25) is 0 Å². The Morgan fingerprint density at radius 3 is 1.92 bits per heavy atom. The Labute approximate surface area is 393 Å². The van der Waals surface area contributed by atoms with Gasteiger partial charge in [0.2, 0.25) is 0 Å². The van der Waals surface area contributed by atoms with Gasteiger partial charge in [-0.15, -0.1) is 0 Å². The molecule has 0 bridgehead atoms. The summed E-state index contributed by atoms with van der Waals surface area (Å²) in [5.74, 6) is 0. The molecule has 0 N–H and O–H groups in total. The van der Waals surface area contributed by atoms with Gasteiger partial charge in [-0.2, -0.15) is 0 Å². The lowest BCUT2D eigenvalue weighted by Crippen LogP contribution is -2.61. The summed E-state index contributed by atoms with van der Waals surface area (Å²) in [5, 5.41) is 2.53. The van der Waals surface area contributed by atoms with Gasteiger partial charge in [0.1, 0.15) is 0 Å². The number of anilines is 5. The van der Waals surface area contributed by atoms with Gasteiger partial charge in [0, 0.05) is 59.9 Å². The van der Waals surface area contributed by atoms with E-state index in [9.17, 15) is 4.11 Å².